The fourth-order valence-corrected chi connectivity index (χ4v) is 3.44. The normalized spacial score (nSPS) is 23.1. The van der Waals surface area contributed by atoms with Crippen LogP contribution in [0.5, 0.6) is 0 Å². The van der Waals surface area contributed by atoms with Gasteiger partial charge in [0.2, 0.25) is 0 Å². The summed E-state index contributed by atoms with van der Waals surface area (Å²) in [5, 5.41) is 3.42. The third-order valence-corrected chi connectivity index (χ3v) is 5.02. The van der Waals surface area contributed by atoms with E-state index < -0.39 is 0 Å². The van der Waals surface area contributed by atoms with E-state index in [4.69, 9.17) is 9.73 Å². The summed E-state index contributed by atoms with van der Waals surface area (Å²) in [6, 6.07) is 0. The van der Waals surface area contributed by atoms with Crippen LogP contribution in [0.25, 0.3) is 0 Å². The van der Waals surface area contributed by atoms with Gasteiger partial charge in [0, 0.05) is 39.2 Å². The van der Waals surface area contributed by atoms with Crippen molar-refractivity contribution in [2.45, 2.75) is 39.5 Å². The molecule has 0 bridgehead atoms. The second-order valence-corrected chi connectivity index (χ2v) is 7.22. The van der Waals surface area contributed by atoms with Crippen molar-refractivity contribution in [3.8, 4) is 0 Å². The van der Waals surface area contributed by atoms with E-state index in [-0.39, 0.29) is 24.0 Å². The Labute approximate surface area is 165 Å². The van der Waals surface area contributed by atoms with Gasteiger partial charge in [0.1, 0.15) is 0 Å². The number of hydrogen-bond donors (Lipinski definition) is 1. The molecule has 0 saturated carbocycles. The zero-order valence-electron chi connectivity index (χ0n) is 15.8. The molecule has 1 unspecified atom stereocenters. The van der Waals surface area contributed by atoms with Crippen LogP contribution < -0.4 is 5.32 Å². The third-order valence-electron chi connectivity index (χ3n) is 5.02. The lowest BCUT2D eigenvalue weighted by atomic mass is 9.99. The predicted octanol–water partition coefficient (Wildman–Crippen LogP) is 2.66. The highest BCUT2D eigenvalue weighted by Gasteiger charge is 2.19. The van der Waals surface area contributed by atoms with Gasteiger partial charge in [-0.3, -0.25) is 4.99 Å². The van der Waals surface area contributed by atoms with Crippen LogP contribution in [0.3, 0.4) is 0 Å². The van der Waals surface area contributed by atoms with Crippen molar-refractivity contribution in [2.75, 3.05) is 59.5 Å². The first-order valence-corrected chi connectivity index (χ1v) is 9.48. The topological polar surface area (TPSA) is 40.1 Å². The Morgan fingerprint density at radius 1 is 1.29 bits per heavy atom. The quantitative estimate of drug-likeness (QED) is 0.279. The molecule has 6 heteroatoms. The molecule has 1 atom stereocenters. The second-order valence-electron chi connectivity index (χ2n) is 7.22. The molecule has 0 aromatic carbocycles. The maximum Gasteiger partial charge on any atom is 0.193 e. The lowest BCUT2D eigenvalue weighted by Gasteiger charge is -2.30. The zero-order valence-corrected chi connectivity index (χ0v) is 18.1. The standard InChI is InChI=1S/C18H36N4O.HI/c1-4-19-18(21(3)14-17-8-13-23-15-17)20-9-5-10-22-11-6-16(2)7-12-22;/h16-17H,4-15H2,1-3H3,(H,19,20);1H. The Balaban J connectivity index is 0.00000288. The number of nitrogens with one attached hydrogen (secondary N) is 1. The van der Waals surface area contributed by atoms with Crippen molar-refractivity contribution in [3.05, 3.63) is 0 Å². The van der Waals surface area contributed by atoms with E-state index in [1.165, 1.54) is 38.9 Å². The summed E-state index contributed by atoms with van der Waals surface area (Å²) in [4.78, 5) is 9.69. The average Bonchev–Trinajstić information content (AvgIpc) is 3.05. The lowest BCUT2D eigenvalue weighted by Crippen LogP contribution is -2.41. The molecule has 24 heavy (non-hydrogen) atoms. The number of aliphatic imine (C=N–C) groups is 1. The van der Waals surface area contributed by atoms with Gasteiger partial charge in [-0.25, -0.2) is 0 Å². The van der Waals surface area contributed by atoms with Crippen molar-refractivity contribution in [3.63, 3.8) is 0 Å². The molecule has 0 aliphatic carbocycles. The summed E-state index contributed by atoms with van der Waals surface area (Å²) in [7, 11) is 2.14. The van der Waals surface area contributed by atoms with E-state index in [1.807, 2.05) is 0 Å². The summed E-state index contributed by atoms with van der Waals surface area (Å²) in [6.45, 7) is 12.9. The Bertz CT molecular complexity index is 353. The Morgan fingerprint density at radius 3 is 2.67 bits per heavy atom. The number of hydrogen-bond acceptors (Lipinski definition) is 3. The largest absolute Gasteiger partial charge is 0.381 e. The maximum atomic E-state index is 5.48. The van der Waals surface area contributed by atoms with Crippen LogP contribution in [0.4, 0.5) is 0 Å². The summed E-state index contributed by atoms with van der Waals surface area (Å²) in [6.07, 6.45) is 5.05. The SMILES string of the molecule is CCNC(=NCCCN1CCC(C)CC1)N(C)CC1CCOC1.I. The molecule has 2 heterocycles. The minimum Gasteiger partial charge on any atom is -0.381 e. The fourth-order valence-electron chi connectivity index (χ4n) is 3.44. The van der Waals surface area contributed by atoms with Gasteiger partial charge in [-0.15, -0.1) is 24.0 Å². The van der Waals surface area contributed by atoms with Gasteiger partial charge in [0.05, 0.1) is 6.61 Å². The van der Waals surface area contributed by atoms with Crippen molar-refractivity contribution >= 4 is 29.9 Å². The molecule has 2 rings (SSSR count). The third kappa shape index (κ3) is 7.87. The van der Waals surface area contributed by atoms with Crippen LogP contribution in [0.1, 0.15) is 39.5 Å². The lowest BCUT2D eigenvalue weighted by molar-refractivity contribution is 0.181. The van der Waals surface area contributed by atoms with Gasteiger partial charge in [-0.2, -0.15) is 0 Å². The molecule has 0 aromatic rings. The minimum atomic E-state index is 0. The van der Waals surface area contributed by atoms with Crippen LogP contribution in [-0.2, 0) is 4.74 Å². The molecular formula is C18H37IN4O. The van der Waals surface area contributed by atoms with E-state index in [1.54, 1.807) is 0 Å². The Kier molecular flexibility index (Phi) is 11.3. The highest BCUT2D eigenvalue weighted by molar-refractivity contribution is 14.0. The second kappa shape index (κ2) is 12.3. The number of piperidine rings is 1. The van der Waals surface area contributed by atoms with Crippen molar-refractivity contribution in [2.24, 2.45) is 16.8 Å². The predicted molar refractivity (Wildman–Crippen MR) is 112 cm³/mol. The van der Waals surface area contributed by atoms with Crippen LogP contribution in [-0.4, -0.2) is 75.3 Å². The van der Waals surface area contributed by atoms with Gasteiger partial charge in [0.25, 0.3) is 0 Å². The molecule has 0 radical (unpaired) electrons. The molecule has 2 aliphatic heterocycles. The zero-order chi connectivity index (χ0) is 16.5. The van der Waals surface area contributed by atoms with Crippen molar-refractivity contribution < 1.29 is 4.74 Å². The van der Waals surface area contributed by atoms with Gasteiger partial charge < -0.3 is 19.9 Å². The number of nitrogens with zero attached hydrogens (tertiary/aromatic N) is 3. The minimum absolute atomic E-state index is 0. The van der Waals surface area contributed by atoms with Crippen molar-refractivity contribution in [1.29, 1.82) is 0 Å². The van der Waals surface area contributed by atoms with Crippen LogP contribution in [0.15, 0.2) is 4.99 Å². The maximum absolute atomic E-state index is 5.48. The van der Waals surface area contributed by atoms with Gasteiger partial charge >= 0.3 is 0 Å². The molecule has 5 nitrogen and oxygen atoms in total. The first-order chi connectivity index (χ1) is 11.2. The smallest absolute Gasteiger partial charge is 0.193 e. The molecule has 0 amide bonds. The van der Waals surface area contributed by atoms with Gasteiger partial charge in [-0.05, 0) is 58.2 Å². The van der Waals surface area contributed by atoms with Crippen molar-refractivity contribution in [1.82, 2.24) is 15.1 Å². The molecule has 2 fully saturated rings. The summed E-state index contributed by atoms with van der Waals surface area (Å²) < 4.78 is 5.48. The van der Waals surface area contributed by atoms with E-state index in [2.05, 4.69) is 36.0 Å². The van der Waals surface area contributed by atoms with Crippen LogP contribution >= 0.6 is 24.0 Å². The van der Waals surface area contributed by atoms with E-state index in [0.717, 1.165) is 51.1 Å². The fraction of sp³-hybridized carbons (Fsp3) is 0.944. The first-order valence-electron chi connectivity index (χ1n) is 9.48. The van der Waals surface area contributed by atoms with E-state index >= 15 is 0 Å². The molecule has 0 spiro atoms. The summed E-state index contributed by atoms with van der Waals surface area (Å²) in [5.74, 6) is 2.61. The van der Waals surface area contributed by atoms with Crippen LogP contribution in [0.2, 0.25) is 0 Å². The molecule has 0 aromatic heterocycles. The molecule has 2 aliphatic rings. The number of guanidine groups is 1. The van der Waals surface area contributed by atoms with Crippen LogP contribution in [0, 0.1) is 11.8 Å². The Morgan fingerprint density at radius 2 is 2.04 bits per heavy atom. The van der Waals surface area contributed by atoms with E-state index in [9.17, 15) is 0 Å². The van der Waals surface area contributed by atoms with Gasteiger partial charge in [-0.1, -0.05) is 6.92 Å². The molecule has 1 N–H and O–H groups in total. The summed E-state index contributed by atoms with van der Waals surface area (Å²) in [5.41, 5.74) is 0. The molecule has 2 saturated heterocycles. The summed E-state index contributed by atoms with van der Waals surface area (Å²) >= 11 is 0. The highest BCUT2D eigenvalue weighted by Crippen LogP contribution is 2.16. The molecule has 142 valence electrons. The number of likely N-dealkylation sites (tertiary alicyclic amines) is 1. The number of halogens is 1. The first kappa shape index (κ1) is 22.0. The van der Waals surface area contributed by atoms with Gasteiger partial charge in [0.15, 0.2) is 5.96 Å². The van der Waals surface area contributed by atoms with E-state index in [0.29, 0.717) is 5.92 Å². The number of rotatable bonds is 7. The average molecular weight is 452 g/mol. The number of ether oxygens (including phenoxy) is 1. The Hall–Kier alpha value is -0.0800. The monoisotopic (exact) mass is 452 g/mol. The highest BCUT2D eigenvalue weighted by atomic mass is 127. The molecular weight excluding hydrogens is 415 g/mol.